The van der Waals surface area contributed by atoms with Gasteiger partial charge in [0.2, 0.25) is 0 Å². The number of nitrogens with one attached hydrogen (secondary N) is 4. The Balaban J connectivity index is 1.30. The summed E-state index contributed by atoms with van der Waals surface area (Å²) >= 11 is 0. The highest BCUT2D eigenvalue weighted by Crippen LogP contribution is 2.40. The molecule has 1 aliphatic rings. The zero-order valence-corrected chi connectivity index (χ0v) is 37.4. The number of hydrogen-bond acceptors (Lipinski definition) is 2. The number of nitrogens with zero attached hydrogens (tertiary/aromatic N) is 1. The third-order valence-corrected chi connectivity index (χ3v) is 15.1. The molecule has 8 aromatic carbocycles. The summed E-state index contributed by atoms with van der Waals surface area (Å²) in [5, 5.41) is 10.5. The molecule has 0 unspecified atom stereocenters. The molecule has 13 rings (SSSR count). The van der Waals surface area contributed by atoms with Crippen molar-refractivity contribution >= 4 is 86.6 Å². The van der Waals surface area contributed by atoms with Crippen molar-refractivity contribution in [2.45, 2.75) is 0 Å². The van der Waals surface area contributed by atoms with E-state index in [-0.39, 0.29) is 4.91 Å². The number of aromatic amines is 4. The number of benzene rings is 8. The largest absolute Gasteiger partial charge is 0.354 e. The van der Waals surface area contributed by atoms with Gasteiger partial charge in [-0.3, -0.25) is 0 Å². The first-order valence-corrected chi connectivity index (χ1v) is 24.1. The second-order valence-electron chi connectivity index (χ2n) is 17.2. The average molecular weight is 896 g/mol. The predicted octanol–water partition coefficient (Wildman–Crippen LogP) is 10.6. The lowest BCUT2D eigenvalue weighted by molar-refractivity contribution is 0.605. The molecule has 4 N–H and O–H groups in total. The van der Waals surface area contributed by atoms with Gasteiger partial charge in [-0.15, -0.1) is 0 Å². The van der Waals surface area contributed by atoms with Crippen LogP contribution in [0.4, 0.5) is 11.4 Å². The first kappa shape index (κ1) is 39.5. The molecule has 0 atom stereocenters. The van der Waals surface area contributed by atoms with Gasteiger partial charge in [0, 0.05) is 65.3 Å². The van der Waals surface area contributed by atoms with Crippen LogP contribution in [0.25, 0.3) is 65.2 Å². The van der Waals surface area contributed by atoms with Gasteiger partial charge in [0.15, 0.2) is 0 Å². The summed E-state index contributed by atoms with van der Waals surface area (Å²) in [6, 6.07) is 72.8. The van der Waals surface area contributed by atoms with Gasteiger partial charge in [-0.25, -0.2) is 12.7 Å². The van der Waals surface area contributed by atoms with Gasteiger partial charge in [-0.2, -0.15) is 0 Å². The van der Waals surface area contributed by atoms with Crippen molar-refractivity contribution in [3.8, 4) is 0 Å². The van der Waals surface area contributed by atoms with Crippen LogP contribution in [0.1, 0.15) is 33.9 Å². The summed E-state index contributed by atoms with van der Waals surface area (Å²) in [5.74, 6) is 0. The molecule has 8 bridgehead atoms. The number of para-hydroxylation sites is 2. The van der Waals surface area contributed by atoms with E-state index >= 15 is 8.42 Å². The molecule has 0 aliphatic carbocycles. The van der Waals surface area contributed by atoms with Crippen LogP contribution in [0, 0.1) is 0 Å². The molecule has 4 aromatic heterocycles. The van der Waals surface area contributed by atoms with Gasteiger partial charge >= 0.3 is 0 Å². The fraction of sp³-hybridized carbons (Fsp3) is 0. The minimum Gasteiger partial charge on any atom is -0.354 e. The highest BCUT2D eigenvalue weighted by molar-refractivity contribution is 8.02. The van der Waals surface area contributed by atoms with E-state index < -0.39 is 10.0 Å². The third-order valence-electron chi connectivity index (χ3n) is 13.3. The van der Waals surface area contributed by atoms with E-state index in [1.54, 1.807) is 0 Å². The number of H-pyrrole nitrogens is 4. The molecule has 0 spiro atoms. The Morgan fingerprint density at radius 1 is 0.324 bits per heavy atom. The fourth-order valence-electron chi connectivity index (χ4n) is 10.4. The van der Waals surface area contributed by atoms with Gasteiger partial charge in [0.1, 0.15) is 4.91 Å². The van der Waals surface area contributed by atoms with E-state index in [0.29, 0.717) is 22.4 Å². The SMILES string of the molecule is O=S(=O)(C1=c2[nH]c(c3ccccc23)=Cc2[nH]c(c3ccccc23)C(c2ccccc2)=c2[nH]c(c3ccccc23)=C(c2ccccc2)c2[nH]c1c1ccccc21)N(c1ccccc1)c1ccccc1. The molecular weight excluding hydrogens is 855 g/mol. The van der Waals surface area contributed by atoms with Crippen LogP contribution in [-0.4, -0.2) is 28.4 Å². The molecule has 0 saturated carbocycles. The summed E-state index contributed by atoms with van der Waals surface area (Å²) in [7, 11) is -4.50. The molecule has 0 radical (unpaired) electrons. The highest BCUT2D eigenvalue weighted by Gasteiger charge is 2.35. The minimum atomic E-state index is -4.50. The summed E-state index contributed by atoms with van der Waals surface area (Å²) in [5.41, 5.74) is 8.05. The van der Waals surface area contributed by atoms with Crippen molar-refractivity contribution in [3.63, 3.8) is 0 Å². The van der Waals surface area contributed by atoms with Crippen LogP contribution < -0.4 is 25.7 Å². The van der Waals surface area contributed by atoms with Crippen LogP contribution in [-0.2, 0) is 10.0 Å². The quantitative estimate of drug-likeness (QED) is 0.134. The Hall–Kier alpha value is -8.85. The van der Waals surface area contributed by atoms with Gasteiger partial charge in [-0.1, -0.05) is 194 Å². The number of aromatic nitrogens is 4. The zero-order valence-electron chi connectivity index (χ0n) is 36.5. The van der Waals surface area contributed by atoms with E-state index in [2.05, 4.69) is 141 Å². The standard InChI is InChI=1S/C60H41N5O2S/c66-68(67,65(40-25-9-3-10-26-40)41-27-11-4-12-28-41)60-58-45-32-16-14-30-43(45)51(62-58)37-50-42-29-13-15-31-44(42)54(61-50)52(38-21-5-1-6-22-38)55-46-33-17-18-34-47(46)56(63-55)53(39-23-7-2-8-24-39)57-48-35-19-20-36-49(48)59(60)64-57/h1-37,61-64H. The van der Waals surface area contributed by atoms with Crippen LogP contribution in [0.15, 0.2) is 218 Å². The Labute approximate surface area is 391 Å². The van der Waals surface area contributed by atoms with Crippen LogP contribution in [0.3, 0.4) is 0 Å². The molecule has 68 heavy (non-hydrogen) atoms. The molecule has 12 aromatic rings. The third kappa shape index (κ3) is 6.15. The van der Waals surface area contributed by atoms with Crippen LogP contribution in [0.2, 0.25) is 0 Å². The lowest BCUT2D eigenvalue weighted by atomic mass is 9.97. The monoisotopic (exact) mass is 895 g/mol. The maximum absolute atomic E-state index is 16.5. The van der Waals surface area contributed by atoms with Crippen molar-refractivity contribution < 1.29 is 8.42 Å². The predicted molar refractivity (Wildman–Crippen MR) is 278 cm³/mol. The van der Waals surface area contributed by atoms with Crippen molar-refractivity contribution in [3.05, 3.63) is 274 Å². The summed E-state index contributed by atoms with van der Waals surface area (Å²) in [6.45, 7) is 0. The Morgan fingerprint density at radius 2 is 0.706 bits per heavy atom. The zero-order chi connectivity index (χ0) is 45.3. The Morgan fingerprint density at radius 3 is 1.22 bits per heavy atom. The molecule has 0 saturated heterocycles. The molecule has 0 fully saturated rings. The lowest BCUT2D eigenvalue weighted by Gasteiger charge is -2.26. The number of anilines is 2. The average Bonchev–Trinajstić information content (AvgIpc) is 4.15. The van der Waals surface area contributed by atoms with E-state index in [1.807, 2.05) is 103 Å². The molecule has 7 nitrogen and oxygen atoms in total. The van der Waals surface area contributed by atoms with Gasteiger partial charge in [0.25, 0.3) is 10.0 Å². The van der Waals surface area contributed by atoms with Gasteiger partial charge in [-0.05, 0) is 41.5 Å². The van der Waals surface area contributed by atoms with E-state index in [9.17, 15) is 0 Å². The molecular formula is C60H41N5O2S. The first-order chi connectivity index (χ1) is 33.5. The number of rotatable bonds is 6. The topological polar surface area (TPSA) is 101 Å². The fourth-order valence-corrected chi connectivity index (χ4v) is 12.2. The smallest absolute Gasteiger partial charge is 0.272 e. The van der Waals surface area contributed by atoms with Gasteiger partial charge in [0.05, 0.1) is 44.5 Å². The maximum Gasteiger partial charge on any atom is 0.272 e. The van der Waals surface area contributed by atoms with Crippen LogP contribution >= 0.6 is 0 Å². The second-order valence-corrected chi connectivity index (χ2v) is 18.9. The van der Waals surface area contributed by atoms with Crippen molar-refractivity contribution in [2.24, 2.45) is 0 Å². The molecule has 324 valence electrons. The number of fused-ring (bicyclic) bond motifs is 20. The van der Waals surface area contributed by atoms with Gasteiger partial charge < -0.3 is 19.9 Å². The summed E-state index contributed by atoms with van der Waals surface area (Å²) in [4.78, 5) is 15.8. The molecule has 5 heterocycles. The Kier molecular flexibility index (Phi) is 9.10. The summed E-state index contributed by atoms with van der Waals surface area (Å²) < 4.78 is 34.5. The lowest BCUT2D eigenvalue weighted by Crippen LogP contribution is -2.31. The molecule has 0 amide bonds. The van der Waals surface area contributed by atoms with Crippen molar-refractivity contribution in [2.75, 3.05) is 4.31 Å². The number of sulfonamides is 1. The second kappa shape index (κ2) is 15.7. The minimum absolute atomic E-state index is 0.108. The maximum atomic E-state index is 16.5. The van der Waals surface area contributed by atoms with E-state index in [1.165, 1.54) is 4.31 Å². The van der Waals surface area contributed by atoms with Crippen molar-refractivity contribution in [1.29, 1.82) is 0 Å². The number of hydrogen-bond donors (Lipinski definition) is 4. The molecule has 1 aliphatic heterocycles. The summed E-state index contributed by atoms with van der Waals surface area (Å²) in [6.07, 6.45) is 2.13. The highest BCUT2D eigenvalue weighted by atomic mass is 32.2. The normalized spacial score (nSPS) is 12.9. The Bertz CT molecular complexity index is 4280. The van der Waals surface area contributed by atoms with E-state index in [4.69, 9.17) is 0 Å². The molecule has 8 heteroatoms. The first-order valence-electron chi connectivity index (χ1n) is 22.7. The van der Waals surface area contributed by atoms with Crippen molar-refractivity contribution in [1.82, 2.24) is 19.9 Å². The van der Waals surface area contributed by atoms with E-state index in [0.717, 1.165) is 98.5 Å². The van der Waals surface area contributed by atoms with Crippen LogP contribution in [0.5, 0.6) is 0 Å².